The predicted molar refractivity (Wildman–Crippen MR) is 96.9 cm³/mol. The maximum absolute atomic E-state index is 12.5. The third-order valence-electron chi connectivity index (χ3n) is 3.52. The molecule has 0 atom stereocenters. The van der Waals surface area contributed by atoms with Crippen LogP contribution < -0.4 is 14.8 Å². The summed E-state index contributed by atoms with van der Waals surface area (Å²) in [6.45, 7) is -3.02. The number of halogens is 4. The number of methoxy groups -OCH3 is 1. The molecule has 0 saturated heterocycles. The fourth-order valence-corrected chi connectivity index (χ4v) is 2.89. The van der Waals surface area contributed by atoms with Gasteiger partial charge in [0.05, 0.1) is 12.0 Å². The van der Waals surface area contributed by atoms with Crippen LogP contribution in [-0.2, 0) is 14.6 Å². The van der Waals surface area contributed by atoms with Crippen molar-refractivity contribution in [3.8, 4) is 11.5 Å². The predicted octanol–water partition coefficient (Wildman–Crippen LogP) is 3.94. The van der Waals surface area contributed by atoms with Gasteiger partial charge in [-0.1, -0.05) is 6.07 Å². The van der Waals surface area contributed by atoms with Crippen LogP contribution in [0.1, 0.15) is 5.56 Å². The van der Waals surface area contributed by atoms with E-state index in [1.807, 2.05) is 0 Å². The lowest BCUT2D eigenvalue weighted by Gasteiger charge is -2.10. The van der Waals surface area contributed by atoms with Crippen LogP contribution >= 0.6 is 0 Å². The van der Waals surface area contributed by atoms with Crippen LogP contribution in [0.2, 0.25) is 0 Å². The lowest BCUT2D eigenvalue weighted by atomic mass is 10.2. The van der Waals surface area contributed by atoms with E-state index in [4.69, 9.17) is 4.74 Å². The van der Waals surface area contributed by atoms with Gasteiger partial charge in [0.25, 0.3) is 0 Å². The molecule has 0 unspecified atom stereocenters. The highest BCUT2D eigenvalue weighted by Gasteiger charge is 2.26. The Kier molecular flexibility index (Phi) is 7.21. The topological polar surface area (TPSA) is 81.7 Å². The van der Waals surface area contributed by atoms with Gasteiger partial charge in [0.2, 0.25) is 15.7 Å². The van der Waals surface area contributed by atoms with Gasteiger partial charge < -0.3 is 14.8 Å². The van der Waals surface area contributed by atoms with Gasteiger partial charge in [0.15, 0.2) is 11.5 Å². The summed E-state index contributed by atoms with van der Waals surface area (Å²) in [4.78, 5) is 11.4. The summed E-state index contributed by atoms with van der Waals surface area (Å²) in [6.07, 6.45) is 2.51. The molecule has 0 radical (unpaired) electrons. The smallest absolute Gasteiger partial charge is 0.387 e. The molecule has 156 valence electrons. The van der Waals surface area contributed by atoms with Crippen LogP contribution in [0.3, 0.4) is 0 Å². The fraction of sp³-hybridized carbons (Fsp3) is 0.167. The molecule has 11 heteroatoms. The maximum Gasteiger partial charge on any atom is 0.387 e. The van der Waals surface area contributed by atoms with E-state index in [-0.39, 0.29) is 17.2 Å². The minimum Gasteiger partial charge on any atom is -0.493 e. The SMILES string of the molecule is COc1cc(/C=C/C(=O)Nc2ccc(S(=O)(=O)C(F)F)cc2)ccc1OC(F)F. The van der Waals surface area contributed by atoms with E-state index in [1.54, 1.807) is 0 Å². The van der Waals surface area contributed by atoms with Crippen molar-refractivity contribution in [2.75, 3.05) is 12.4 Å². The summed E-state index contributed by atoms with van der Waals surface area (Å²) in [6, 6.07) is 8.30. The first kappa shape index (κ1) is 22.2. The second-order valence-electron chi connectivity index (χ2n) is 5.44. The molecule has 1 amide bonds. The molecule has 2 aromatic rings. The molecular weight excluding hydrogens is 418 g/mol. The van der Waals surface area contributed by atoms with Gasteiger partial charge in [-0.3, -0.25) is 4.79 Å². The van der Waals surface area contributed by atoms with Gasteiger partial charge in [-0.2, -0.15) is 17.6 Å². The quantitative estimate of drug-likeness (QED) is 0.504. The summed E-state index contributed by atoms with van der Waals surface area (Å²) in [5.74, 6) is -4.26. The third-order valence-corrected chi connectivity index (χ3v) is 4.91. The Hall–Kier alpha value is -3.08. The zero-order valence-electron chi connectivity index (χ0n) is 14.8. The molecule has 2 rings (SSSR count). The molecular formula is C18H15F4NO5S. The van der Waals surface area contributed by atoms with Gasteiger partial charge in [0.1, 0.15) is 0 Å². The van der Waals surface area contributed by atoms with E-state index in [1.165, 1.54) is 43.5 Å². The van der Waals surface area contributed by atoms with Gasteiger partial charge in [-0.15, -0.1) is 0 Å². The van der Waals surface area contributed by atoms with Crippen LogP contribution in [0.25, 0.3) is 6.08 Å². The molecule has 2 aromatic carbocycles. The first-order chi connectivity index (χ1) is 13.6. The van der Waals surface area contributed by atoms with Crippen molar-refractivity contribution in [2.45, 2.75) is 17.3 Å². The number of benzene rings is 2. The van der Waals surface area contributed by atoms with Gasteiger partial charge in [-0.25, -0.2) is 8.42 Å². The summed E-state index contributed by atoms with van der Waals surface area (Å²) in [5, 5.41) is 2.42. The second-order valence-corrected chi connectivity index (χ2v) is 7.36. The Morgan fingerprint density at radius 1 is 1.03 bits per heavy atom. The number of alkyl halides is 4. The molecule has 1 N–H and O–H groups in total. The van der Waals surface area contributed by atoms with Crippen LogP contribution in [0.15, 0.2) is 53.4 Å². The molecule has 0 aromatic heterocycles. The Bertz CT molecular complexity index is 992. The van der Waals surface area contributed by atoms with Crippen LogP contribution in [0.5, 0.6) is 11.5 Å². The molecule has 0 aliphatic heterocycles. The molecule has 0 heterocycles. The normalized spacial score (nSPS) is 11.8. The van der Waals surface area contributed by atoms with Crippen molar-refractivity contribution >= 4 is 27.5 Å². The average Bonchev–Trinajstić information content (AvgIpc) is 2.67. The third kappa shape index (κ3) is 5.95. The second kappa shape index (κ2) is 9.41. The highest BCUT2D eigenvalue weighted by atomic mass is 32.2. The van der Waals surface area contributed by atoms with Crippen molar-refractivity contribution < 1.29 is 40.2 Å². The zero-order valence-corrected chi connectivity index (χ0v) is 15.6. The van der Waals surface area contributed by atoms with Gasteiger partial charge >= 0.3 is 12.4 Å². The van der Waals surface area contributed by atoms with E-state index in [0.29, 0.717) is 5.56 Å². The number of hydrogen-bond donors (Lipinski definition) is 1. The van der Waals surface area contributed by atoms with Crippen molar-refractivity contribution in [3.63, 3.8) is 0 Å². The van der Waals surface area contributed by atoms with Crippen molar-refractivity contribution in [3.05, 3.63) is 54.1 Å². The van der Waals surface area contributed by atoms with E-state index in [2.05, 4.69) is 10.1 Å². The minimum absolute atomic E-state index is 0.0451. The number of nitrogens with one attached hydrogen (secondary N) is 1. The first-order valence-corrected chi connectivity index (χ1v) is 9.42. The molecule has 0 fully saturated rings. The van der Waals surface area contributed by atoms with E-state index < -0.39 is 33.0 Å². The molecule has 6 nitrogen and oxygen atoms in total. The standard InChI is InChI=1S/C18H15F4NO5S/c1-27-15-10-11(2-8-14(15)28-17(19)20)3-9-16(24)23-12-4-6-13(7-5-12)29(25,26)18(21)22/h2-10,17-18H,1H3,(H,23,24)/b9-3+. The van der Waals surface area contributed by atoms with Crippen LogP contribution in [0, 0.1) is 0 Å². The van der Waals surface area contributed by atoms with Crippen molar-refractivity contribution in [1.29, 1.82) is 0 Å². The molecule has 29 heavy (non-hydrogen) atoms. The number of ether oxygens (including phenoxy) is 2. The Morgan fingerprint density at radius 3 is 2.24 bits per heavy atom. The Labute approximate surface area is 163 Å². The Morgan fingerprint density at radius 2 is 1.69 bits per heavy atom. The summed E-state index contributed by atoms with van der Waals surface area (Å²) >= 11 is 0. The van der Waals surface area contributed by atoms with Crippen LogP contribution in [-0.4, -0.2) is 33.8 Å². The van der Waals surface area contributed by atoms with Gasteiger partial charge in [-0.05, 0) is 48.0 Å². The Balaban J connectivity index is 2.06. The molecule has 0 aliphatic carbocycles. The van der Waals surface area contributed by atoms with Crippen molar-refractivity contribution in [2.24, 2.45) is 0 Å². The number of rotatable bonds is 8. The number of sulfone groups is 1. The largest absolute Gasteiger partial charge is 0.493 e. The molecule has 0 saturated carbocycles. The lowest BCUT2D eigenvalue weighted by Crippen LogP contribution is -2.12. The molecule has 0 spiro atoms. The minimum atomic E-state index is -4.72. The van der Waals surface area contributed by atoms with E-state index >= 15 is 0 Å². The molecule has 0 aliphatic rings. The first-order valence-electron chi connectivity index (χ1n) is 7.87. The summed E-state index contributed by atoms with van der Waals surface area (Å²) in [7, 11) is -3.45. The van der Waals surface area contributed by atoms with Gasteiger partial charge in [0, 0.05) is 11.8 Å². The number of amides is 1. The summed E-state index contributed by atoms with van der Waals surface area (Å²) in [5.41, 5.74) is 0.642. The average molecular weight is 433 g/mol. The number of carbonyl (C=O) groups is 1. The maximum atomic E-state index is 12.5. The zero-order chi connectivity index (χ0) is 21.6. The lowest BCUT2D eigenvalue weighted by molar-refractivity contribution is -0.111. The highest BCUT2D eigenvalue weighted by Crippen LogP contribution is 2.29. The fourth-order valence-electron chi connectivity index (χ4n) is 2.17. The highest BCUT2D eigenvalue weighted by molar-refractivity contribution is 7.91. The van der Waals surface area contributed by atoms with Crippen molar-refractivity contribution in [1.82, 2.24) is 0 Å². The van der Waals surface area contributed by atoms with E-state index in [9.17, 15) is 30.8 Å². The van der Waals surface area contributed by atoms with E-state index in [0.717, 1.165) is 18.2 Å². The molecule has 0 bridgehead atoms. The monoisotopic (exact) mass is 433 g/mol. The summed E-state index contributed by atoms with van der Waals surface area (Å²) < 4.78 is 81.6. The number of carbonyl (C=O) groups excluding carboxylic acids is 1. The van der Waals surface area contributed by atoms with Crippen LogP contribution in [0.4, 0.5) is 23.2 Å². The number of anilines is 1. The number of hydrogen-bond acceptors (Lipinski definition) is 5.